The van der Waals surface area contributed by atoms with Crippen molar-refractivity contribution in [1.82, 2.24) is 10.2 Å². The Balaban J connectivity index is 1.92. The van der Waals surface area contributed by atoms with Crippen LogP contribution >= 0.6 is 11.6 Å². The zero-order valence-electron chi connectivity index (χ0n) is 20.2. The summed E-state index contributed by atoms with van der Waals surface area (Å²) in [5, 5.41) is 3.29. The molecule has 2 amide bonds. The van der Waals surface area contributed by atoms with Gasteiger partial charge in [0.1, 0.15) is 25.8 Å². The standard InChI is InChI=1S/C24H30ClN3O6S/c1-16(2)26-24(30)17(3)27(14-18-6-5-7-19(25)12-18)23(29)15-28(35(4,31)32)20-8-9-21-22(13-20)34-11-10-33-21/h5-9,12-13,16-17H,10-11,14-15H2,1-4H3,(H,26,30)/t17-/m0/s1. The van der Waals surface area contributed by atoms with Crippen LogP contribution in [0.5, 0.6) is 11.5 Å². The van der Waals surface area contributed by atoms with Crippen molar-refractivity contribution >= 4 is 39.1 Å². The van der Waals surface area contributed by atoms with Crippen LogP contribution in [0.25, 0.3) is 0 Å². The predicted molar refractivity (Wildman–Crippen MR) is 134 cm³/mol. The maximum absolute atomic E-state index is 13.5. The number of sulfonamides is 1. The smallest absolute Gasteiger partial charge is 0.244 e. The topological polar surface area (TPSA) is 105 Å². The van der Waals surface area contributed by atoms with Crippen LogP contribution in [0.3, 0.4) is 0 Å². The van der Waals surface area contributed by atoms with E-state index in [1.54, 1.807) is 43.3 Å². The van der Waals surface area contributed by atoms with E-state index in [-0.39, 0.29) is 24.2 Å². The summed E-state index contributed by atoms with van der Waals surface area (Å²) in [5.41, 5.74) is 0.965. The van der Waals surface area contributed by atoms with Crippen molar-refractivity contribution in [2.24, 2.45) is 0 Å². The molecule has 0 radical (unpaired) electrons. The lowest BCUT2D eigenvalue weighted by molar-refractivity contribution is -0.139. The van der Waals surface area contributed by atoms with Crippen LogP contribution in [-0.2, 0) is 26.2 Å². The zero-order valence-corrected chi connectivity index (χ0v) is 21.7. The van der Waals surface area contributed by atoms with Crippen molar-refractivity contribution < 1.29 is 27.5 Å². The Morgan fingerprint density at radius 2 is 1.74 bits per heavy atom. The number of nitrogens with zero attached hydrogens (tertiary/aromatic N) is 2. The number of fused-ring (bicyclic) bond motifs is 1. The van der Waals surface area contributed by atoms with Gasteiger partial charge in [-0.25, -0.2) is 8.42 Å². The highest BCUT2D eigenvalue weighted by atomic mass is 35.5. The van der Waals surface area contributed by atoms with Gasteiger partial charge >= 0.3 is 0 Å². The van der Waals surface area contributed by atoms with Crippen LogP contribution in [0, 0.1) is 0 Å². The molecule has 0 aliphatic carbocycles. The number of rotatable bonds is 9. The van der Waals surface area contributed by atoms with Gasteiger partial charge in [-0.15, -0.1) is 0 Å². The Bertz CT molecular complexity index is 1190. The van der Waals surface area contributed by atoms with Gasteiger partial charge in [0.2, 0.25) is 21.8 Å². The highest BCUT2D eigenvalue weighted by molar-refractivity contribution is 7.92. The Kier molecular flexibility index (Phi) is 8.50. The van der Waals surface area contributed by atoms with Crippen LogP contribution in [0.15, 0.2) is 42.5 Å². The molecular formula is C24H30ClN3O6S. The summed E-state index contributed by atoms with van der Waals surface area (Å²) in [4.78, 5) is 27.7. The molecule has 11 heteroatoms. The number of hydrogen-bond acceptors (Lipinski definition) is 6. The fourth-order valence-corrected chi connectivity index (χ4v) is 4.67. The molecule has 1 N–H and O–H groups in total. The molecule has 1 atom stereocenters. The van der Waals surface area contributed by atoms with E-state index >= 15 is 0 Å². The molecule has 1 aliphatic rings. The lowest BCUT2D eigenvalue weighted by Gasteiger charge is -2.32. The minimum absolute atomic E-state index is 0.0742. The van der Waals surface area contributed by atoms with Gasteiger partial charge in [-0.05, 0) is 50.6 Å². The molecule has 0 bridgehead atoms. The fourth-order valence-electron chi connectivity index (χ4n) is 3.62. The van der Waals surface area contributed by atoms with Crippen molar-refractivity contribution in [2.45, 2.75) is 39.4 Å². The summed E-state index contributed by atoms with van der Waals surface area (Å²) >= 11 is 6.11. The van der Waals surface area contributed by atoms with E-state index in [0.717, 1.165) is 10.6 Å². The van der Waals surface area contributed by atoms with E-state index in [2.05, 4.69) is 5.32 Å². The Morgan fingerprint density at radius 1 is 1.06 bits per heavy atom. The SMILES string of the molecule is CC(C)NC(=O)[C@H](C)N(Cc1cccc(Cl)c1)C(=O)CN(c1ccc2c(c1)OCCO2)S(C)(=O)=O. The number of hydrogen-bond donors (Lipinski definition) is 1. The predicted octanol–water partition coefficient (Wildman–Crippen LogP) is 2.82. The van der Waals surface area contributed by atoms with Crippen LogP contribution in [-0.4, -0.2) is 63.2 Å². The number of ether oxygens (including phenoxy) is 2. The average molecular weight is 524 g/mol. The summed E-state index contributed by atoms with van der Waals surface area (Å²) < 4.78 is 37.5. The fraction of sp³-hybridized carbons (Fsp3) is 0.417. The van der Waals surface area contributed by atoms with Crippen molar-refractivity contribution in [3.05, 3.63) is 53.1 Å². The molecular weight excluding hydrogens is 494 g/mol. The molecule has 35 heavy (non-hydrogen) atoms. The number of nitrogens with one attached hydrogen (secondary N) is 1. The molecule has 0 saturated carbocycles. The van der Waals surface area contributed by atoms with E-state index in [1.165, 1.54) is 11.0 Å². The molecule has 2 aromatic rings. The zero-order chi connectivity index (χ0) is 25.8. The monoisotopic (exact) mass is 523 g/mol. The largest absolute Gasteiger partial charge is 0.486 e. The molecule has 0 unspecified atom stereocenters. The highest BCUT2D eigenvalue weighted by Crippen LogP contribution is 2.34. The molecule has 2 aromatic carbocycles. The third-order valence-corrected chi connectivity index (χ3v) is 6.71. The first-order valence-corrected chi connectivity index (χ1v) is 13.4. The Hall–Kier alpha value is -2.98. The van der Waals surface area contributed by atoms with Crippen LogP contribution in [0.4, 0.5) is 5.69 Å². The van der Waals surface area contributed by atoms with Crippen LogP contribution in [0.2, 0.25) is 5.02 Å². The summed E-state index contributed by atoms with van der Waals surface area (Å²) in [6.07, 6.45) is 1.02. The Labute approximate surface area is 211 Å². The van der Waals surface area contributed by atoms with Gasteiger partial charge in [0, 0.05) is 23.7 Å². The molecule has 190 valence electrons. The second-order valence-electron chi connectivity index (χ2n) is 8.59. The summed E-state index contributed by atoms with van der Waals surface area (Å²) in [5.74, 6) is 0.00830. The highest BCUT2D eigenvalue weighted by Gasteiger charge is 2.31. The molecule has 0 fully saturated rings. The third kappa shape index (κ3) is 7.02. The first kappa shape index (κ1) is 26.6. The van der Waals surface area contributed by atoms with Crippen molar-refractivity contribution in [2.75, 3.05) is 30.3 Å². The first-order valence-electron chi connectivity index (χ1n) is 11.2. The minimum Gasteiger partial charge on any atom is -0.486 e. The molecule has 1 heterocycles. The molecule has 0 saturated heterocycles. The van der Waals surface area contributed by atoms with Gasteiger partial charge in [0.15, 0.2) is 11.5 Å². The average Bonchev–Trinajstić information content (AvgIpc) is 2.79. The maximum atomic E-state index is 13.5. The van der Waals surface area contributed by atoms with Gasteiger partial charge in [0.05, 0.1) is 11.9 Å². The van der Waals surface area contributed by atoms with Crippen LogP contribution < -0.4 is 19.1 Å². The lowest BCUT2D eigenvalue weighted by Crippen LogP contribution is -2.52. The third-order valence-electron chi connectivity index (χ3n) is 5.33. The normalized spacial score (nSPS) is 13.8. The van der Waals surface area contributed by atoms with Gasteiger partial charge in [-0.2, -0.15) is 0 Å². The molecule has 0 aromatic heterocycles. The second kappa shape index (κ2) is 11.2. The van der Waals surface area contributed by atoms with Crippen LogP contribution in [0.1, 0.15) is 26.3 Å². The van der Waals surface area contributed by atoms with Gasteiger partial charge < -0.3 is 19.7 Å². The number of benzene rings is 2. The van der Waals surface area contributed by atoms with E-state index < -0.39 is 28.5 Å². The van der Waals surface area contributed by atoms with Crippen molar-refractivity contribution in [3.63, 3.8) is 0 Å². The van der Waals surface area contributed by atoms with E-state index in [9.17, 15) is 18.0 Å². The number of halogens is 1. The quantitative estimate of drug-likeness (QED) is 0.542. The number of carbonyl (C=O) groups is 2. The maximum Gasteiger partial charge on any atom is 0.244 e. The van der Waals surface area contributed by atoms with E-state index in [4.69, 9.17) is 21.1 Å². The molecule has 3 rings (SSSR count). The lowest BCUT2D eigenvalue weighted by atomic mass is 10.1. The van der Waals surface area contributed by atoms with Crippen molar-refractivity contribution in [1.29, 1.82) is 0 Å². The summed E-state index contributed by atoms with van der Waals surface area (Å²) in [6.45, 7) is 5.56. The number of amides is 2. The molecule has 9 nitrogen and oxygen atoms in total. The van der Waals surface area contributed by atoms with Gasteiger partial charge in [-0.1, -0.05) is 23.7 Å². The van der Waals surface area contributed by atoms with E-state index in [1.807, 2.05) is 13.8 Å². The Morgan fingerprint density at radius 3 is 2.37 bits per heavy atom. The molecule has 1 aliphatic heterocycles. The van der Waals surface area contributed by atoms with Gasteiger partial charge in [0.25, 0.3) is 0 Å². The second-order valence-corrected chi connectivity index (χ2v) is 10.9. The first-order chi connectivity index (χ1) is 16.5. The minimum atomic E-state index is -3.85. The summed E-state index contributed by atoms with van der Waals surface area (Å²) in [7, 11) is -3.85. The summed E-state index contributed by atoms with van der Waals surface area (Å²) in [6, 6.07) is 10.6. The molecule has 0 spiro atoms. The van der Waals surface area contributed by atoms with Gasteiger partial charge in [-0.3, -0.25) is 13.9 Å². The number of anilines is 1. The number of carbonyl (C=O) groups excluding carboxylic acids is 2. The van der Waals surface area contributed by atoms with Crippen molar-refractivity contribution in [3.8, 4) is 11.5 Å². The van der Waals surface area contributed by atoms with E-state index in [0.29, 0.717) is 35.3 Å².